The number of primary amides is 1. The summed E-state index contributed by atoms with van der Waals surface area (Å²) in [6.45, 7) is 0. The van der Waals surface area contributed by atoms with Crippen LogP contribution in [0.25, 0.3) is 10.9 Å². The van der Waals surface area contributed by atoms with E-state index < -0.39 is 0 Å². The first kappa shape index (κ1) is 11.3. The monoisotopic (exact) mass is 234 g/mol. The minimum absolute atomic E-state index is 0.191. The van der Waals surface area contributed by atoms with Gasteiger partial charge < -0.3 is 20.2 Å². The van der Waals surface area contributed by atoms with Crippen molar-refractivity contribution in [2.45, 2.75) is 6.42 Å². The van der Waals surface area contributed by atoms with Gasteiger partial charge in [-0.25, -0.2) is 0 Å². The molecular weight excluding hydrogens is 220 g/mol. The van der Waals surface area contributed by atoms with Crippen LogP contribution in [0.1, 0.15) is 5.56 Å². The zero-order valence-corrected chi connectivity index (χ0v) is 9.74. The van der Waals surface area contributed by atoms with E-state index in [1.807, 2.05) is 6.07 Å². The first-order chi connectivity index (χ1) is 8.15. The molecule has 1 heterocycles. The van der Waals surface area contributed by atoms with Gasteiger partial charge >= 0.3 is 0 Å². The highest BCUT2D eigenvalue weighted by molar-refractivity contribution is 5.92. The predicted octanol–water partition coefficient (Wildman–Crippen LogP) is 1.21. The quantitative estimate of drug-likeness (QED) is 0.834. The molecule has 0 saturated heterocycles. The van der Waals surface area contributed by atoms with Crippen LogP contribution in [0, 0.1) is 0 Å². The van der Waals surface area contributed by atoms with Crippen LogP contribution in [0.4, 0.5) is 0 Å². The van der Waals surface area contributed by atoms with Gasteiger partial charge in [0.2, 0.25) is 5.91 Å². The van der Waals surface area contributed by atoms with E-state index in [2.05, 4.69) is 4.98 Å². The molecule has 0 aliphatic heterocycles. The summed E-state index contributed by atoms with van der Waals surface area (Å²) >= 11 is 0. The van der Waals surface area contributed by atoms with Crippen LogP contribution in [0.5, 0.6) is 11.5 Å². The van der Waals surface area contributed by atoms with Gasteiger partial charge in [-0.15, -0.1) is 0 Å². The molecule has 1 aromatic carbocycles. The number of ether oxygens (including phenoxy) is 2. The second-order valence-corrected chi connectivity index (χ2v) is 3.71. The average molecular weight is 234 g/mol. The summed E-state index contributed by atoms with van der Waals surface area (Å²) in [5.41, 5.74) is 6.88. The highest BCUT2D eigenvalue weighted by Gasteiger charge is 2.12. The SMILES string of the molecule is COc1cc(OC)c2[nH]cc(CC(N)=O)c2c1. The Kier molecular flexibility index (Phi) is 2.91. The smallest absolute Gasteiger partial charge is 0.221 e. The van der Waals surface area contributed by atoms with Gasteiger partial charge in [0.05, 0.1) is 26.2 Å². The summed E-state index contributed by atoms with van der Waals surface area (Å²) in [5.74, 6) is 0.988. The molecule has 0 spiro atoms. The summed E-state index contributed by atoms with van der Waals surface area (Å²) in [7, 11) is 3.17. The molecule has 1 aromatic heterocycles. The van der Waals surface area contributed by atoms with Crippen LogP contribution in [-0.2, 0) is 11.2 Å². The van der Waals surface area contributed by atoms with Crippen molar-refractivity contribution >= 4 is 16.8 Å². The molecule has 5 nitrogen and oxygen atoms in total. The Balaban J connectivity index is 2.61. The minimum Gasteiger partial charge on any atom is -0.497 e. The second-order valence-electron chi connectivity index (χ2n) is 3.71. The maximum absolute atomic E-state index is 11.0. The topological polar surface area (TPSA) is 77.3 Å². The van der Waals surface area contributed by atoms with Gasteiger partial charge in [0.15, 0.2) is 0 Å². The lowest BCUT2D eigenvalue weighted by atomic mass is 10.1. The Bertz CT molecular complexity index is 560. The first-order valence-electron chi connectivity index (χ1n) is 5.16. The normalized spacial score (nSPS) is 10.5. The summed E-state index contributed by atoms with van der Waals surface area (Å²) in [6, 6.07) is 3.64. The number of nitrogens with two attached hydrogens (primary N) is 1. The number of rotatable bonds is 4. The Labute approximate surface area is 98.5 Å². The highest BCUT2D eigenvalue weighted by atomic mass is 16.5. The van der Waals surface area contributed by atoms with Gasteiger partial charge in [0, 0.05) is 17.6 Å². The van der Waals surface area contributed by atoms with E-state index in [-0.39, 0.29) is 12.3 Å². The summed E-state index contributed by atoms with van der Waals surface area (Å²) in [5, 5.41) is 0.889. The molecule has 0 atom stereocenters. The Morgan fingerprint density at radius 1 is 1.35 bits per heavy atom. The Morgan fingerprint density at radius 3 is 2.71 bits per heavy atom. The summed E-state index contributed by atoms with van der Waals surface area (Å²) in [6.07, 6.45) is 1.95. The third-order valence-electron chi connectivity index (χ3n) is 2.63. The molecule has 0 unspecified atom stereocenters. The van der Waals surface area contributed by atoms with Gasteiger partial charge in [0.1, 0.15) is 11.5 Å². The fourth-order valence-electron chi connectivity index (χ4n) is 1.84. The van der Waals surface area contributed by atoms with E-state index in [0.717, 1.165) is 16.5 Å². The molecular formula is C12H14N2O3. The van der Waals surface area contributed by atoms with Crippen LogP contribution in [0.2, 0.25) is 0 Å². The first-order valence-corrected chi connectivity index (χ1v) is 5.16. The molecule has 0 radical (unpaired) electrons. The molecule has 3 N–H and O–H groups in total. The molecule has 0 aliphatic rings. The van der Waals surface area contributed by atoms with E-state index in [0.29, 0.717) is 11.5 Å². The number of hydrogen-bond donors (Lipinski definition) is 2. The molecule has 0 bridgehead atoms. The standard InChI is InChI=1S/C12H14N2O3/c1-16-8-4-9-7(3-11(13)15)6-14-12(9)10(5-8)17-2/h4-6,14H,3H2,1-2H3,(H2,13,15). The van der Waals surface area contributed by atoms with Crippen molar-refractivity contribution < 1.29 is 14.3 Å². The van der Waals surface area contributed by atoms with Crippen molar-refractivity contribution in [1.82, 2.24) is 4.98 Å². The van der Waals surface area contributed by atoms with E-state index >= 15 is 0 Å². The van der Waals surface area contributed by atoms with Crippen molar-refractivity contribution in [1.29, 1.82) is 0 Å². The summed E-state index contributed by atoms with van der Waals surface area (Å²) < 4.78 is 10.4. The molecule has 2 aromatic rings. The molecule has 0 aliphatic carbocycles. The van der Waals surface area contributed by atoms with E-state index in [1.165, 1.54) is 0 Å². The Hall–Kier alpha value is -2.17. The lowest BCUT2D eigenvalue weighted by Gasteiger charge is -2.06. The lowest BCUT2D eigenvalue weighted by Crippen LogP contribution is -2.13. The van der Waals surface area contributed by atoms with Crippen molar-refractivity contribution in [2.24, 2.45) is 5.73 Å². The molecule has 17 heavy (non-hydrogen) atoms. The predicted molar refractivity (Wildman–Crippen MR) is 64.3 cm³/mol. The average Bonchev–Trinajstić information content (AvgIpc) is 2.70. The number of aromatic nitrogens is 1. The van der Waals surface area contributed by atoms with Crippen molar-refractivity contribution in [3.8, 4) is 11.5 Å². The van der Waals surface area contributed by atoms with Gasteiger partial charge in [-0.2, -0.15) is 0 Å². The molecule has 0 saturated carbocycles. The van der Waals surface area contributed by atoms with Crippen molar-refractivity contribution in [3.05, 3.63) is 23.9 Å². The third kappa shape index (κ3) is 2.04. The molecule has 5 heteroatoms. The van der Waals surface area contributed by atoms with Gasteiger partial charge in [-0.05, 0) is 11.6 Å². The van der Waals surface area contributed by atoms with E-state index in [1.54, 1.807) is 26.5 Å². The minimum atomic E-state index is -0.368. The maximum atomic E-state index is 11.0. The second kappa shape index (κ2) is 4.37. The van der Waals surface area contributed by atoms with Crippen LogP contribution in [0.3, 0.4) is 0 Å². The number of benzene rings is 1. The van der Waals surface area contributed by atoms with Crippen LogP contribution < -0.4 is 15.2 Å². The van der Waals surface area contributed by atoms with Crippen LogP contribution >= 0.6 is 0 Å². The zero-order valence-electron chi connectivity index (χ0n) is 9.74. The fourth-order valence-corrected chi connectivity index (χ4v) is 1.84. The number of aromatic amines is 1. The molecule has 2 rings (SSSR count). The fraction of sp³-hybridized carbons (Fsp3) is 0.250. The largest absolute Gasteiger partial charge is 0.497 e. The number of amides is 1. The number of hydrogen-bond acceptors (Lipinski definition) is 3. The van der Waals surface area contributed by atoms with Crippen molar-refractivity contribution in [3.63, 3.8) is 0 Å². The lowest BCUT2D eigenvalue weighted by molar-refractivity contribution is -0.117. The number of carbonyl (C=O) groups excluding carboxylic acids is 1. The van der Waals surface area contributed by atoms with E-state index in [9.17, 15) is 4.79 Å². The highest BCUT2D eigenvalue weighted by Crippen LogP contribution is 2.32. The molecule has 0 fully saturated rings. The molecule has 90 valence electrons. The number of methoxy groups -OCH3 is 2. The maximum Gasteiger partial charge on any atom is 0.221 e. The number of carbonyl (C=O) groups is 1. The van der Waals surface area contributed by atoms with Gasteiger partial charge in [-0.1, -0.05) is 0 Å². The number of fused-ring (bicyclic) bond motifs is 1. The van der Waals surface area contributed by atoms with Crippen LogP contribution in [-0.4, -0.2) is 25.1 Å². The number of H-pyrrole nitrogens is 1. The number of nitrogens with one attached hydrogen (secondary N) is 1. The van der Waals surface area contributed by atoms with E-state index in [4.69, 9.17) is 15.2 Å². The van der Waals surface area contributed by atoms with Gasteiger partial charge in [0.25, 0.3) is 0 Å². The van der Waals surface area contributed by atoms with Gasteiger partial charge in [-0.3, -0.25) is 4.79 Å². The van der Waals surface area contributed by atoms with Crippen molar-refractivity contribution in [2.75, 3.05) is 14.2 Å². The zero-order chi connectivity index (χ0) is 12.4. The molecule has 1 amide bonds. The summed E-state index contributed by atoms with van der Waals surface area (Å²) in [4.78, 5) is 14.0. The van der Waals surface area contributed by atoms with Crippen LogP contribution in [0.15, 0.2) is 18.3 Å². The third-order valence-corrected chi connectivity index (χ3v) is 2.63. The Morgan fingerprint density at radius 2 is 2.12 bits per heavy atom.